The summed E-state index contributed by atoms with van der Waals surface area (Å²) in [7, 11) is 0. The lowest BCUT2D eigenvalue weighted by Gasteiger charge is -2.17. The predicted molar refractivity (Wildman–Crippen MR) is 70.5 cm³/mol. The Kier molecular flexibility index (Phi) is 2.79. The smallest absolute Gasteiger partial charge is 0.222 e. The molecule has 7 heteroatoms. The normalized spacial score (nSPS) is 15.3. The Balaban J connectivity index is 2.03. The van der Waals surface area contributed by atoms with Crippen LogP contribution in [0.3, 0.4) is 0 Å². The zero-order valence-corrected chi connectivity index (χ0v) is 10.5. The van der Waals surface area contributed by atoms with Crippen molar-refractivity contribution in [1.82, 2.24) is 20.2 Å². The molecule has 3 heterocycles. The van der Waals surface area contributed by atoms with Crippen LogP contribution >= 0.6 is 11.6 Å². The first-order valence-electron chi connectivity index (χ1n) is 5.83. The van der Waals surface area contributed by atoms with E-state index in [0.717, 1.165) is 18.9 Å². The topological polar surface area (TPSA) is 83.7 Å². The fourth-order valence-electron chi connectivity index (χ4n) is 2.14. The van der Waals surface area contributed by atoms with Gasteiger partial charge in [-0.1, -0.05) is 11.6 Å². The van der Waals surface area contributed by atoms with Gasteiger partial charge in [-0.15, -0.1) is 0 Å². The highest BCUT2D eigenvalue weighted by atomic mass is 35.5. The molecule has 0 bridgehead atoms. The first-order valence-corrected chi connectivity index (χ1v) is 6.20. The van der Waals surface area contributed by atoms with E-state index >= 15 is 0 Å². The van der Waals surface area contributed by atoms with Crippen LogP contribution < -0.4 is 10.6 Å². The molecule has 1 aliphatic rings. The van der Waals surface area contributed by atoms with Gasteiger partial charge in [0.2, 0.25) is 5.95 Å². The molecule has 1 saturated heterocycles. The number of halogens is 1. The first-order chi connectivity index (χ1) is 8.74. The molecule has 18 heavy (non-hydrogen) atoms. The Morgan fingerprint density at radius 2 is 2.06 bits per heavy atom. The van der Waals surface area contributed by atoms with Gasteiger partial charge in [0, 0.05) is 19.2 Å². The molecule has 94 valence electrons. The van der Waals surface area contributed by atoms with Crippen LogP contribution in [-0.4, -0.2) is 33.3 Å². The van der Waals surface area contributed by atoms with Gasteiger partial charge >= 0.3 is 0 Å². The quantitative estimate of drug-likeness (QED) is 0.863. The largest absolute Gasteiger partial charge is 0.368 e. The van der Waals surface area contributed by atoms with Crippen LogP contribution in [0.4, 0.5) is 11.8 Å². The van der Waals surface area contributed by atoms with Crippen LogP contribution in [0.5, 0.6) is 0 Å². The lowest BCUT2D eigenvalue weighted by atomic mass is 10.3. The molecular weight excluding hydrogens is 252 g/mol. The molecule has 3 rings (SSSR count). The van der Waals surface area contributed by atoms with Gasteiger partial charge in [-0.25, -0.2) is 4.98 Å². The second-order valence-electron chi connectivity index (χ2n) is 4.26. The maximum absolute atomic E-state index is 6.03. The van der Waals surface area contributed by atoms with Gasteiger partial charge < -0.3 is 10.6 Å². The number of aromatic nitrogens is 4. The average molecular weight is 265 g/mol. The summed E-state index contributed by atoms with van der Waals surface area (Å²) >= 11 is 6.03. The number of nitrogens with zero attached hydrogens (tertiary/aromatic N) is 4. The Morgan fingerprint density at radius 1 is 1.28 bits per heavy atom. The molecule has 0 aromatic carbocycles. The van der Waals surface area contributed by atoms with Gasteiger partial charge in [0.15, 0.2) is 0 Å². The van der Waals surface area contributed by atoms with E-state index in [0.29, 0.717) is 16.4 Å². The molecule has 0 saturated carbocycles. The summed E-state index contributed by atoms with van der Waals surface area (Å²) in [5.74, 6) is 1.10. The summed E-state index contributed by atoms with van der Waals surface area (Å²) < 4.78 is 0. The van der Waals surface area contributed by atoms with E-state index in [2.05, 4.69) is 25.1 Å². The highest BCUT2D eigenvalue weighted by Crippen LogP contribution is 2.27. The monoisotopic (exact) mass is 264 g/mol. The number of hydrogen-bond acceptors (Lipinski definition) is 5. The minimum absolute atomic E-state index is 0.250. The van der Waals surface area contributed by atoms with Crippen LogP contribution in [0.25, 0.3) is 11.4 Å². The maximum Gasteiger partial charge on any atom is 0.222 e. The molecular formula is C11H13ClN6. The van der Waals surface area contributed by atoms with E-state index in [1.807, 2.05) is 6.07 Å². The van der Waals surface area contributed by atoms with Gasteiger partial charge in [-0.3, -0.25) is 5.10 Å². The van der Waals surface area contributed by atoms with E-state index in [4.69, 9.17) is 17.3 Å². The fraction of sp³-hybridized carbons (Fsp3) is 0.364. The highest BCUT2D eigenvalue weighted by Gasteiger charge is 2.17. The Labute approximate surface area is 109 Å². The Morgan fingerprint density at radius 3 is 2.72 bits per heavy atom. The number of nitrogens with two attached hydrogens (primary N) is 1. The van der Waals surface area contributed by atoms with Crippen molar-refractivity contribution in [1.29, 1.82) is 0 Å². The fourth-order valence-corrected chi connectivity index (χ4v) is 2.33. The third kappa shape index (κ3) is 1.99. The van der Waals surface area contributed by atoms with Crippen LogP contribution in [-0.2, 0) is 0 Å². The van der Waals surface area contributed by atoms with E-state index < -0.39 is 0 Å². The zero-order valence-electron chi connectivity index (χ0n) is 9.73. The minimum Gasteiger partial charge on any atom is -0.368 e. The molecule has 2 aromatic heterocycles. The number of nitrogens with one attached hydrogen (secondary N) is 1. The molecule has 0 amide bonds. The van der Waals surface area contributed by atoms with Crippen molar-refractivity contribution in [2.24, 2.45) is 0 Å². The standard InChI is InChI=1S/C11H13ClN6/c12-7-6-14-17-10(7)8-5-9(16-11(13)15-8)18-3-1-2-4-18/h5-6H,1-4H2,(H,14,17)(H2,13,15,16). The average Bonchev–Trinajstić information content (AvgIpc) is 2.98. The summed E-state index contributed by atoms with van der Waals surface area (Å²) in [6.45, 7) is 2.01. The zero-order chi connectivity index (χ0) is 12.5. The van der Waals surface area contributed by atoms with Gasteiger partial charge in [0.25, 0.3) is 0 Å². The number of anilines is 2. The van der Waals surface area contributed by atoms with Gasteiger partial charge in [-0.2, -0.15) is 10.1 Å². The molecule has 3 N–H and O–H groups in total. The molecule has 2 aromatic rings. The van der Waals surface area contributed by atoms with E-state index in [1.54, 1.807) is 6.20 Å². The Hall–Kier alpha value is -1.82. The first kappa shape index (κ1) is 11.3. The molecule has 0 spiro atoms. The van der Waals surface area contributed by atoms with Crippen molar-refractivity contribution < 1.29 is 0 Å². The number of rotatable bonds is 2. The number of H-pyrrole nitrogens is 1. The van der Waals surface area contributed by atoms with E-state index in [9.17, 15) is 0 Å². The SMILES string of the molecule is Nc1nc(-c2[nH]ncc2Cl)cc(N2CCCC2)n1. The van der Waals surface area contributed by atoms with Gasteiger partial charge in [0.05, 0.1) is 16.9 Å². The molecule has 0 radical (unpaired) electrons. The van der Waals surface area contributed by atoms with Crippen molar-refractivity contribution in [3.63, 3.8) is 0 Å². The molecule has 1 fully saturated rings. The third-order valence-electron chi connectivity index (χ3n) is 3.01. The van der Waals surface area contributed by atoms with Gasteiger partial charge in [-0.05, 0) is 12.8 Å². The molecule has 0 aliphatic carbocycles. The summed E-state index contributed by atoms with van der Waals surface area (Å²) in [5.41, 5.74) is 7.10. The van der Waals surface area contributed by atoms with Crippen LogP contribution in [0.1, 0.15) is 12.8 Å². The minimum atomic E-state index is 0.250. The molecule has 1 aliphatic heterocycles. The maximum atomic E-state index is 6.03. The van der Waals surface area contributed by atoms with Crippen LogP contribution in [0, 0.1) is 0 Å². The van der Waals surface area contributed by atoms with Crippen LogP contribution in [0.15, 0.2) is 12.3 Å². The lowest BCUT2D eigenvalue weighted by Crippen LogP contribution is -2.19. The van der Waals surface area contributed by atoms with E-state index in [-0.39, 0.29) is 5.95 Å². The van der Waals surface area contributed by atoms with Gasteiger partial charge in [0.1, 0.15) is 11.5 Å². The van der Waals surface area contributed by atoms with Crippen molar-refractivity contribution in [3.05, 3.63) is 17.3 Å². The molecule has 0 atom stereocenters. The van der Waals surface area contributed by atoms with Crippen molar-refractivity contribution in [2.45, 2.75) is 12.8 Å². The molecule has 0 unspecified atom stereocenters. The third-order valence-corrected chi connectivity index (χ3v) is 3.30. The summed E-state index contributed by atoms with van der Waals surface area (Å²) in [6.07, 6.45) is 3.92. The van der Waals surface area contributed by atoms with Crippen molar-refractivity contribution in [3.8, 4) is 11.4 Å². The summed E-state index contributed by atoms with van der Waals surface area (Å²) in [6, 6.07) is 1.89. The second-order valence-corrected chi connectivity index (χ2v) is 4.66. The lowest BCUT2D eigenvalue weighted by molar-refractivity contribution is 0.931. The number of nitrogen functional groups attached to an aromatic ring is 1. The van der Waals surface area contributed by atoms with E-state index in [1.165, 1.54) is 12.8 Å². The number of aromatic amines is 1. The second kappa shape index (κ2) is 4.45. The summed E-state index contributed by atoms with van der Waals surface area (Å²) in [4.78, 5) is 10.7. The van der Waals surface area contributed by atoms with Crippen molar-refractivity contribution >= 4 is 23.4 Å². The predicted octanol–water partition coefficient (Wildman–Crippen LogP) is 1.70. The highest BCUT2D eigenvalue weighted by molar-refractivity contribution is 6.32. The Bertz CT molecular complexity index is 560. The number of hydrogen-bond donors (Lipinski definition) is 2. The summed E-state index contributed by atoms with van der Waals surface area (Å²) in [5, 5.41) is 7.23. The van der Waals surface area contributed by atoms with Crippen molar-refractivity contribution in [2.75, 3.05) is 23.7 Å². The molecule has 6 nitrogen and oxygen atoms in total. The van der Waals surface area contributed by atoms with Crippen LogP contribution in [0.2, 0.25) is 5.02 Å².